The highest BCUT2D eigenvalue weighted by atomic mass is 14.4. The minimum atomic E-state index is -0.863. The van der Waals surface area contributed by atoms with Gasteiger partial charge in [-0.3, -0.25) is 0 Å². The van der Waals surface area contributed by atoms with Crippen LogP contribution in [0.15, 0.2) is 145 Å². The molecule has 1 aliphatic carbocycles. The maximum atomic E-state index is 9.76. The second kappa shape index (κ2) is 8.75. The fraction of sp³-hybridized carbons (Fsp3) is 0.0638. The average Bonchev–Trinajstić information content (AvgIpc) is 3.50. The lowest BCUT2D eigenvalue weighted by atomic mass is 9.77. The number of hydrogen-bond donors (Lipinski definition) is 0. The summed E-state index contributed by atoms with van der Waals surface area (Å²) in [5, 5.41) is -1.41. The SMILES string of the molecule is [2H]c1c([2H])c2c([2H])c([2H])c3c([2H])c([2H])c(-c4cc5c(c(-c6c([2H])c([2H])c7c([2H])c([2H])c8c([2H])c([2H])c([2H])c9c([2H])c([2H])c6c7c89)c4)C(C)(C)c4ccccc4-5)c4c([2H])c([2H])c(c1[2H])c2c34. The molecule has 0 saturated carbocycles. The van der Waals surface area contributed by atoms with Crippen LogP contribution in [0.3, 0.4) is 0 Å². The molecule has 0 N–H and O–H groups in total. The second-order valence-electron chi connectivity index (χ2n) is 12.6. The monoisotopic (exact) mass is 612 g/mol. The van der Waals surface area contributed by atoms with Gasteiger partial charge >= 0.3 is 0 Å². The van der Waals surface area contributed by atoms with Crippen LogP contribution in [0.2, 0.25) is 0 Å². The van der Waals surface area contributed by atoms with Gasteiger partial charge in [0.25, 0.3) is 0 Å². The van der Waals surface area contributed by atoms with Crippen molar-refractivity contribution >= 4 is 64.6 Å². The Bertz CT molecular complexity index is 3900. The standard InChI is InChI=1S/C47H30/c1-47(2)41-12-4-3-11-36(41)40-26-33(34-21-17-31-15-13-27-7-5-9-29-19-23-37(34)44(31)42(27)29)25-39(46(40)47)35-22-18-32-16-14-28-8-6-10-30-20-24-38(35)45(32)43(28)30/h3-26H,1-2H3/i5D,6D,7D,8D,9D,10D,13D,14D,15D,16D,17D,18D,19D,20D,21D,22D,23D,24D. The van der Waals surface area contributed by atoms with Gasteiger partial charge in [0.05, 0.1) is 24.7 Å². The van der Waals surface area contributed by atoms with Crippen LogP contribution in [0.25, 0.3) is 98.0 Å². The van der Waals surface area contributed by atoms with Gasteiger partial charge in [-0.05, 0) is 121 Å². The predicted octanol–water partition coefficient (Wildman–Crippen LogP) is 13.1. The van der Waals surface area contributed by atoms with E-state index in [1.165, 1.54) is 0 Å². The van der Waals surface area contributed by atoms with E-state index in [1.807, 2.05) is 38.1 Å². The van der Waals surface area contributed by atoms with Gasteiger partial charge in [-0.15, -0.1) is 0 Å². The molecule has 0 atom stereocenters. The number of rotatable bonds is 2. The Balaban J connectivity index is 1.40. The third kappa shape index (κ3) is 3.23. The van der Waals surface area contributed by atoms with E-state index in [2.05, 4.69) is 0 Å². The van der Waals surface area contributed by atoms with Crippen LogP contribution >= 0.6 is 0 Å². The van der Waals surface area contributed by atoms with Crippen LogP contribution in [-0.4, -0.2) is 0 Å². The molecule has 0 amide bonds. The van der Waals surface area contributed by atoms with Gasteiger partial charge in [0.2, 0.25) is 0 Å². The van der Waals surface area contributed by atoms with Crippen molar-refractivity contribution in [2.75, 3.05) is 0 Å². The topological polar surface area (TPSA) is 0 Å². The summed E-state index contributed by atoms with van der Waals surface area (Å²) in [7, 11) is 0. The molecule has 0 unspecified atom stereocenters. The first-order chi connectivity index (χ1) is 30.6. The molecule has 0 bridgehead atoms. The van der Waals surface area contributed by atoms with E-state index < -0.39 is 114 Å². The lowest BCUT2D eigenvalue weighted by Crippen LogP contribution is -2.16. The van der Waals surface area contributed by atoms with Crippen molar-refractivity contribution in [3.05, 3.63) is 156 Å². The van der Waals surface area contributed by atoms with Crippen LogP contribution in [0.4, 0.5) is 0 Å². The predicted molar refractivity (Wildman–Crippen MR) is 202 cm³/mol. The Hall–Kier alpha value is -5.72. The van der Waals surface area contributed by atoms with E-state index >= 15 is 0 Å². The van der Waals surface area contributed by atoms with Gasteiger partial charge in [-0.1, -0.05) is 147 Å². The summed E-state index contributed by atoms with van der Waals surface area (Å²) in [6, 6.07) is 1.43. The summed E-state index contributed by atoms with van der Waals surface area (Å²) in [5.41, 5.74) is 2.22. The third-order valence-electron chi connectivity index (χ3n) is 9.84. The van der Waals surface area contributed by atoms with Gasteiger partial charge in [-0.2, -0.15) is 0 Å². The zero-order valence-corrected chi connectivity index (χ0v) is 25.0. The summed E-state index contributed by atoms with van der Waals surface area (Å²) in [6.45, 7) is 3.91. The van der Waals surface area contributed by atoms with Crippen molar-refractivity contribution in [1.82, 2.24) is 0 Å². The molecular formula is C47H30. The van der Waals surface area contributed by atoms with Crippen LogP contribution in [-0.2, 0) is 5.41 Å². The fourth-order valence-electron chi connectivity index (χ4n) is 7.81. The molecule has 0 heteroatoms. The van der Waals surface area contributed by atoms with E-state index in [0.29, 0.717) is 11.1 Å². The van der Waals surface area contributed by atoms with Gasteiger partial charge in [-0.25, -0.2) is 0 Å². The molecule has 0 radical (unpaired) electrons. The van der Waals surface area contributed by atoms with Crippen molar-refractivity contribution < 1.29 is 24.7 Å². The Labute approximate surface area is 298 Å². The molecule has 1 aliphatic rings. The van der Waals surface area contributed by atoms with Crippen molar-refractivity contribution in [3.63, 3.8) is 0 Å². The highest BCUT2D eigenvalue weighted by Gasteiger charge is 2.38. The molecule has 218 valence electrons. The van der Waals surface area contributed by atoms with E-state index in [4.69, 9.17) is 13.7 Å². The zero-order chi connectivity index (χ0) is 46.7. The van der Waals surface area contributed by atoms with E-state index in [9.17, 15) is 11.0 Å². The maximum absolute atomic E-state index is 9.76. The van der Waals surface area contributed by atoms with Crippen molar-refractivity contribution in [3.8, 4) is 33.4 Å². The normalized spacial score (nSPS) is 19.3. The first-order valence-corrected chi connectivity index (χ1v) is 15.2. The van der Waals surface area contributed by atoms with Crippen LogP contribution in [0.1, 0.15) is 49.6 Å². The minimum Gasteiger partial charge on any atom is -0.0619 e. The largest absolute Gasteiger partial charge is 0.0630 e. The quantitative estimate of drug-likeness (QED) is 0.170. The fourth-order valence-corrected chi connectivity index (χ4v) is 7.81. The molecule has 0 fully saturated rings. The van der Waals surface area contributed by atoms with Crippen LogP contribution in [0, 0.1) is 0 Å². The molecule has 10 aromatic rings. The maximum Gasteiger partial charge on any atom is 0.0630 e. The first kappa shape index (κ1) is 14.0. The first-order valence-electron chi connectivity index (χ1n) is 24.2. The third-order valence-corrected chi connectivity index (χ3v) is 9.84. The molecule has 0 saturated heterocycles. The Morgan fingerprint density at radius 3 is 1.47 bits per heavy atom. The van der Waals surface area contributed by atoms with E-state index in [-0.39, 0.29) is 86.9 Å². The van der Waals surface area contributed by atoms with Crippen molar-refractivity contribution in [1.29, 1.82) is 0 Å². The lowest BCUT2D eigenvalue weighted by Gasteiger charge is -2.26. The Morgan fingerprint density at radius 2 is 0.872 bits per heavy atom. The minimum absolute atomic E-state index is 0.00255. The molecule has 0 aromatic heterocycles. The molecule has 0 aliphatic heterocycles. The molecule has 47 heavy (non-hydrogen) atoms. The van der Waals surface area contributed by atoms with Gasteiger partial charge in [0, 0.05) is 5.41 Å². The van der Waals surface area contributed by atoms with Gasteiger partial charge in [0.15, 0.2) is 0 Å². The van der Waals surface area contributed by atoms with Gasteiger partial charge in [0.1, 0.15) is 0 Å². The smallest absolute Gasteiger partial charge is 0.0619 e. The zero-order valence-electron chi connectivity index (χ0n) is 43.0. The summed E-state index contributed by atoms with van der Waals surface area (Å²) in [6.07, 6.45) is 0. The lowest BCUT2D eigenvalue weighted by molar-refractivity contribution is 0.662. The average molecular weight is 613 g/mol. The summed E-state index contributed by atoms with van der Waals surface area (Å²) in [5.74, 6) is 0. The van der Waals surface area contributed by atoms with Crippen molar-refractivity contribution in [2.45, 2.75) is 19.3 Å². The second-order valence-corrected chi connectivity index (χ2v) is 12.6. The molecular weight excluding hydrogens is 565 g/mol. The molecule has 11 rings (SSSR count). The summed E-state index contributed by atoms with van der Waals surface area (Å²) < 4.78 is 164. The van der Waals surface area contributed by atoms with Crippen LogP contribution < -0.4 is 0 Å². The number of hydrogen-bond acceptors (Lipinski definition) is 0. The number of benzene rings is 10. The van der Waals surface area contributed by atoms with Crippen LogP contribution in [0.5, 0.6) is 0 Å². The van der Waals surface area contributed by atoms with Crippen molar-refractivity contribution in [2.24, 2.45) is 0 Å². The Kier molecular flexibility index (Phi) is 2.60. The molecule has 0 spiro atoms. The summed E-state index contributed by atoms with van der Waals surface area (Å²) >= 11 is 0. The van der Waals surface area contributed by atoms with E-state index in [0.717, 1.165) is 11.1 Å². The molecule has 0 heterocycles. The molecule has 10 aromatic carbocycles. The highest BCUT2D eigenvalue weighted by Crippen LogP contribution is 2.55. The van der Waals surface area contributed by atoms with E-state index in [1.54, 1.807) is 12.1 Å². The molecule has 0 nitrogen and oxygen atoms in total. The number of fused-ring (bicyclic) bond motifs is 3. The Morgan fingerprint density at radius 1 is 0.426 bits per heavy atom. The van der Waals surface area contributed by atoms with Gasteiger partial charge < -0.3 is 0 Å². The highest BCUT2D eigenvalue weighted by molar-refractivity contribution is 6.27. The summed E-state index contributed by atoms with van der Waals surface area (Å²) in [4.78, 5) is 0.